The summed E-state index contributed by atoms with van der Waals surface area (Å²) in [7, 11) is 0. The number of carbonyl (C=O) groups excluding carboxylic acids is 1. The van der Waals surface area contributed by atoms with Gasteiger partial charge in [-0.05, 0) is 56.2 Å². The third-order valence-corrected chi connectivity index (χ3v) is 6.33. The first-order chi connectivity index (χ1) is 15.2. The van der Waals surface area contributed by atoms with E-state index in [-0.39, 0.29) is 11.5 Å². The summed E-state index contributed by atoms with van der Waals surface area (Å²) in [6.07, 6.45) is 9.01. The lowest BCUT2D eigenvalue weighted by Crippen LogP contribution is -2.40. The molecule has 0 aromatic carbocycles. The molecule has 160 valence electrons. The highest BCUT2D eigenvalue weighted by Gasteiger charge is 2.30. The molecule has 1 aliphatic carbocycles. The molecule has 3 aromatic rings. The lowest BCUT2D eigenvalue weighted by atomic mass is 9.94. The van der Waals surface area contributed by atoms with Gasteiger partial charge in [-0.25, -0.2) is 4.68 Å². The molecule has 0 saturated carbocycles. The lowest BCUT2D eigenvalue weighted by Gasteiger charge is -2.31. The molecular formula is C23H25N5O3. The van der Waals surface area contributed by atoms with Crippen LogP contribution >= 0.6 is 0 Å². The molecule has 1 aliphatic heterocycles. The van der Waals surface area contributed by atoms with E-state index in [1.807, 2.05) is 17.0 Å². The van der Waals surface area contributed by atoms with E-state index in [2.05, 4.69) is 15.2 Å². The van der Waals surface area contributed by atoms with E-state index in [0.29, 0.717) is 31.2 Å². The maximum atomic E-state index is 13.0. The maximum absolute atomic E-state index is 13.0. The molecule has 0 spiro atoms. The van der Waals surface area contributed by atoms with Crippen molar-refractivity contribution in [2.45, 2.75) is 45.1 Å². The van der Waals surface area contributed by atoms with Crippen LogP contribution in [0.5, 0.6) is 0 Å². The molecule has 0 bridgehead atoms. The van der Waals surface area contributed by atoms with Crippen LogP contribution < -0.4 is 5.56 Å². The summed E-state index contributed by atoms with van der Waals surface area (Å²) in [6, 6.07) is 7.07. The highest BCUT2D eigenvalue weighted by atomic mass is 16.5. The third kappa shape index (κ3) is 4.02. The third-order valence-electron chi connectivity index (χ3n) is 6.33. The molecule has 1 saturated heterocycles. The van der Waals surface area contributed by atoms with E-state index >= 15 is 0 Å². The van der Waals surface area contributed by atoms with Gasteiger partial charge in [-0.1, -0.05) is 5.16 Å². The largest absolute Gasteiger partial charge is 0.360 e. The Morgan fingerprint density at radius 1 is 1.06 bits per heavy atom. The minimum Gasteiger partial charge on any atom is -0.360 e. The molecule has 2 aliphatic rings. The molecule has 8 nitrogen and oxygen atoms in total. The second-order valence-corrected chi connectivity index (χ2v) is 8.35. The van der Waals surface area contributed by atoms with Crippen LogP contribution in [0.3, 0.4) is 0 Å². The number of hydrogen-bond donors (Lipinski definition) is 0. The maximum Gasteiger partial charge on any atom is 0.276 e. The summed E-state index contributed by atoms with van der Waals surface area (Å²) in [5.74, 6) is 1.15. The van der Waals surface area contributed by atoms with Crippen molar-refractivity contribution in [3.63, 3.8) is 0 Å². The number of pyridine rings is 1. The first-order valence-electron chi connectivity index (χ1n) is 10.9. The number of carbonyl (C=O) groups is 1. The summed E-state index contributed by atoms with van der Waals surface area (Å²) in [6.45, 7) is 1.87. The normalized spacial score (nSPS) is 16.8. The molecule has 0 radical (unpaired) electrons. The number of fused-ring (bicyclic) bond motifs is 1. The Labute approximate surface area is 179 Å². The number of rotatable bonds is 4. The van der Waals surface area contributed by atoms with Crippen LogP contribution in [0.1, 0.15) is 47.5 Å². The van der Waals surface area contributed by atoms with Crippen molar-refractivity contribution in [2.75, 3.05) is 13.1 Å². The van der Waals surface area contributed by atoms with Crippen LogP contribution in [0.15, 0.2) is 46.0 Å². The van der Waals surface area contributed by atoms with Crippen molar-refractivity contribution in [1.82, 2.24) is 24.8 Å². The average molecular weight is 419 g/mol. The zero-order chi connectivity index (χ0) is 21.2. The summed E-state index contributed by atoms with van der Waals surface area (Å²) < 4.78 is 6.96. The van der Waals surface area contributed by atoms with Gasteiger partial charge in [0.2, 0.25) is 0 Å². The predicted octanol–water partition coefficient (Wildman–Crippen LogP) is 2.72. The Kier molecular flexibility index (Phi) is 5.36. The highest BCUT2D eigenvalue weighted by Crippen LogP contribution is 2.27. The van der Waals surface area contributed by atoms with Crippen LogP contribution in [0.2, 0.25) is 0 Å². The number of hydrogen-bond acceptors (Lipinski definition) is 6. The van der Waals surface area contributed by atoms with Crippen LogP contribution in [0.4, 0.5) is 0 Å². The van der Waals surface area contributed by atoms with Crippen molar-refractivity contribution in [2.24, 2.45) is 5.92 Å². The standard InChI is InChI=1S/C23H25N5O3/c29-21-6-5-19(17-7-11-24-12-8-17)25-28(21)15-16-9-13-27(14-10-16)23(30)22-18-3-1-2-4-20(18)31-26-22/h5-8,11-12,16H,1-4,9-10,13-15H2. The van der Waals surface area contributed by atoms with Crippen molar-refractivity contribution < 1.29 is 9.32 Å². The van der Waals surface area contributed by atoms with Gasteiger partial charge in [-0.3, -0.25) is 14.6 Å². The van der Waals surface area contributed by atoms with Crippen molar-refractivity contribution >= 4 is 5.91 Å². The van der Waals surface area contributed by atoms with Crippen LogP contribution in [0.25, 0.3) is 11.3 Å². The molecule has 8 heteroatoms. The fourth-order valence-corrected chi connectivity index (χ4v) is 4.52. The lowest BCUT2D eigenvalue weighted by molar-refractivity contribution is 0.0669. The quantitative estimate of drug-likeness (QED) is 0.645. The second kappa shape index (κ2) is 8.45. The molecule has 4 heterocycles. The zero-order valence-electron chi connectivity index (χ0n) is 17.4. The Morgan fingerprint density at radius 2 is 1.84 bits per heavy atom. The van der Waals surface area contributed by atoms with E-state index in [1.54, 1.807) is 29.2 Å². The van der Waals surface area contributed by atoms with Crippen LogP contribution in [-0.2, 0) is 19.4 Å². The van der Waals surface area contributed by atoms with Crippen LogP contribution in [0, 0.1) is 5.92 Å². The van der Waals surface area contributed by atoms with Gasteiger partial charge >= 0.3 is 0 Å². The number of aromatic nitrogens is 4. The fraction of sp³-hybridized carbons (Fsp3) is 0.435. The number of likely N-dealkylation sites (tertiary alicyclic amines) is 1. The minimum atomic E-state index is -0.106. The number of piperidine rings is 1. The zero-order valence-corrected chi connectivity index (χ0v) is 17.4. The second-order valence-electron chi connectivity index (χ2n) is 8.35. The summed E-state index contributed by atoms with van der Waals surface area (Å²) in [5, 5.41) is 8.64. The predicted molar refractivity (Wildman–Crippen MR) is 114 cm³/mol. The molecule has 0 atom stereocenters. The van der Waals surface area contributed by atoms with Gasteiger partial charge in [-0.2, -0.15) is 5.10 Å². The smallest absolute Gasteiger partial charge is 0.276 e. The Morgan fingerprint density at radius 3 is 2.65 bits per heavy atom. The SMILES string of the molecule is O=C(c1noc2c1CCCC2)N1CCC(Cn2nc(-c3ccncc3)ccc2=O)CC1. The molecule has 3 aromatic heterocycles. The Hall–Kier alpha value is -3.29. The highest BCUT2D eigenvalue weighted by molar-refractivity contribution is 5.94. The monoisotopic (exact) mass is 419 g/mol. The van der Waals surface area contributed by atoms with E-state index in [9.17, 15) is 9.59 Å². The summed E-state index contributed by atoms with van der Waals surface area (Å²) >= 11 is 0. The minimum absolute atomic E-state index is 0.0275. The molecule has 5 rings (SSSR count). The summed E-state index contributed by atoms with van der Waals surface area (Å²) in [5.41, 5.74) is 3.08. The number of aryl methyl sites for hydroxylation is 1. The first kappa shape index (κ1) is 19.7. The van der Waals surface area contributed by atoms with Gasteiger partial charge in [0.25, 0.3) is 11.5 Å². The topological polar surface area (TPSA) is 94.1 Å². The first-order valence-corrected chi connectivity index (χ1v) is 10.9. The van der Waals surface area contributed by atoms with E-state index in [0.717, 1.165) is 61.1 Å². The number of nitrogens with zero attached hydrogens (tertiary/aromatic N) is 5. The van der Waals surface area contributed by atoms with Crippen molar-refractivity contribution in [1.29, 1.82) is 0 Å². The van der Waals surface area contributed by atoms with Gasteiger partial charge in [0.05, 0.1) is 5.69 Å². The summed E-state index contributed by atoms with van der Waals surface area (Å²) in [4.78, 5) is 31.2. The Balaban J connectivity index is 1.24. The molecule has 1 fully saturated rings. The average Bonchev–Trinajstić information content (AvgIpc) is 3.25. The molecule has 1 amide bonds. The fourth-order valence-electron chi connectivity index (χ4n) is 4.52. The molecule has 0 N–H and O–H groups in total. The number of amides is 1. The Bertz CT molecular complexity index is 1130. The molecule has 31 heavy (non-hydrogen) atoms. The molecule has 0 unspecified atom stereocenters. The van der Waals surface area contributed by atoms with Gasteiger partial charge in [0.15, 0.2) is 5.69 Å². The van der Waals surface area contributed by atoms with Crippen molar-refractivity contribution in [3.8, 4) is 11.3 Å². The van der Waals surface area contributed by atoms with E-state index in [4.69, 9.17) is 4.52 Å². The van der Waals surface area contributed by atoms with Gasteiger partial charge < -0.3 is 9.42 Å². The van der Waals surface area contributed by atoms with Crippen molar-refractivity contribution in [3.05, 3.63) is 64.0 Å². The van der Waals surface area contributed by atoms with Gasteiger partial charge in [0, 0.05) is 55.6 Å². The van der Waals surface area contributed by atoms with Crippen LogP contribution in [-0.4, -0.2) is 43.8 Å². The molecular weight excluding hydrogens is 394 g/mol. The van der Waals surface area contributed by atoms with Gasteiger partial charge in [-0.15, -0.1) is 0 Å². The van der Waals surface area contributed by atoms with Gasteiger partial charge in [0.1, 0.15) is 5.76 Å². The van der Waals surface area contributed by atoms with E-state index in [1.165, 1.54) is 0 Å². The van der Waals surface area contributed by atoms with E-state index < -0.39 is 0 Å².